The van der Waals surface area contributed by atoms with Crippen LogP contribution in [0.3, 0.4) is 0 Å². The third kappa shape index (κ3) is 5.24. The van der Waals surface area contributed by atoms with Crippen LogP contribution in [0.5, 0.6) is 0 Å². The molecule has 0 fully saturated rings. The molecule has 0 radical (unpaired) electrons. The van der Waals surface area contributed by atoms with Crippen LogP contribution < -0.4 is 10.0 Å². The number of sulfonamides is 1. The van der Waals surface area contributed by atoms with Gasteiger partial charge in [0.15, 0.2) is 0 Å². The lowest BCUT2D eigenvalue weighted by Crippen LogP contribution is -2.19. The monoisotopic (exact) mass is 331 g/mol. The van der Waals surface area contributed by atoms with Crippen LogP contribution >= 0.6 is 0 Å². The fourth-order valence-electron chi connectivity index (χ4n) is 1.71. The molecule has 8 nitrogen and oxygen atoms in total. The standard InChI is InChI=1S/C13H21N3O5S/c1-10(2)21-8-4-7-15-12-6-5-11(22(19,20)14-3)9-13(12)16(17)18/h5-6,9-10,14-15H,4,7-8H2,1-3H3. The predicted molar refractivity (Wildman–Crippen MR) is 83.5 cm³/mol. The quantitative estimate of drug-likeness (QED) is 0.405. The van der Waals surface area contributed by atoms with Crippen molar-refractivity contribution in [3.05, 3.63) is 28.3 Å². The number of nitro groups is 1. The zero-order valence-electron chi connectivity index (χ0n) is 12.8. The van der Waals surface area contributed by atoms with Gasteiger partial charge in [-0.15, -0.1) is 0 Å². The lowest BCUT2D eigenvalue weighted by molar-refractivity contribution is -0.384. The first-order chi connectivity index (χ1) is 10.3. The van der Waals surface area contributed by atoms with Gasteiger partial charge in [0.2, 0.25) is 10.0 Å². The van der Waals surface area contributed by atoms with Gasteiger partial charge in [0.1, 0.15) is 5.69 Å². The van der Waals surface area contributed by atoms with E-state index in [0.29, 0.717) is 19.6 Å². The second-order valence-corrected chi connectivity index (χ2v) is 6.73. The number of anilines is 1. The minimum atomic E-state index is -3.71. The van der Waals surface area contributed by atoms with Crippen molar-refractivity contribution in [3.8, 4) is 0 Å². The Labute approximate surface area is 130 Å². The van der Waals surface area contributed by atoms with Crippen LogP contribution in [0.2, 0.25) is 0 Å². The molecule has 0 saturated carbocycles. The third-order valence-electron chi connectivity index (χ3n) is 2.83. The summed E-state index contributed by atoms with van der Waals surface area (Å²) in [5.41, 5.74) is 0.00528. The van der Waals surface area contributed by atoms with Crippen LogP contribution in [0, 0.1) is 10.1 Å². The van der Waals surface area contributed by atoms with Crippen LogP contribution in [0.25, 0.3) is 0 Å². The maximum atomic E-state index is 11.7. The van der Waals surface area contributed by atoms with E-state index in [1.807, 2.05) is 13.8 Å². The van der Waals surface area contributed by atoms with Gasteiger partial charge in [-0.1, -0.05) is 0 Å². The largest absolute Gasteiger partial charge is 0.379 e. The van der Waals surface area contributed by atoms with E-state index in [1.165, 1.54) is 19.2 Å². The van der Waals surface area contributed by atoms with Crippen LogP contribution in [-0.2, 0) is 14.8 Å². The van der Waals surface area contributed by atoms with Crippen molar-refractivity contribution in [2.45, 2.75) is 31.3 Å². The Morgan fingerprint density at radius 3 is 2.59 bits per heavy atom. The van der Waals surface area contributed by atoms with E-state index < -0.39 is 14.9 Å². The van der Waals surface area contributed by atoms with Crippen molar-refractivity contribution >= 4 is 21.4 Å². The third-order valence-corrected chi connectivity index (χ3v) is 4.24. The SMILES string of the molecule is CNS(=O)(=O)c1ccc(NCCCOC(C)C)c([N+](=O)[O-])c1. The Morgan fingerprint density at radius 1 is 1.36 bits per heavy atom. The highest BCUT2D eigenvalue weighted by Crippen LogP contribution is 2.27. The van der Waals surface area contributed by atoms with Crippen LogP contribution in [0.1, 0.15) is 20.3 Å². The summed E-state index contributed by atoms with van der Waals surface area (Å²) in [6.45, 7) is 4.90. The molecule has 1 rings (SSSR count). The minimum Gasteiger partial charge on any atom is -0.379 e. The van der Waals surface area contributed by atoms with Gasteiger partial charge in [0.05, 0.1) is 15.9 Å². The lowest BCUT2D eigenvalue weighted by atomic mass is 10.2. The summed E-state index contributed by atoms with van der Waals surface area (Å²) >= 11 is 0. The van der Waals surface area contributed by atoms with Gasteiger partial charge in [-0.05, 0) is 39.4 Å². The molecule has 0 heterocycles. The number of nitrogens with zero attached hydrogens (tertiary/aromatic N) is 1. The van der Waals surface area contributed by atoms with Gasteiger partial charge in [-0.2, -0.15) is 0 Å². The molecule has 0 bridgehead atoms. The number of rotatable bonds is 9. The molecule has 0 atom stereocenters. The second kappa shape index (κ2) is 8.06. The van der Waals surface area contributed by atoms with Gasteiger partial charge in [0.25, 0.3) is 5.69 Å². The molecule has 1 aromatic rings. The van der Waals surface area contributed by atoms with Gasteiger partial charge < -0.3 is 10.1 Å². The summed E-state index contributed by atoms with van der Waals surface area (Å²) < 4.78 is 30.9. The molecule has 22 heavy (non-hydrogen) atoms. The molecule has 0 spiro atoms. The number of nitro benzene ring substituents is 1. The summed E-state index contributed by atoms with van der Waals surface area (Å²) in [4.78, 5) is 10.3. The predicted octanol–water partition coefficient (Wildman–Crippen LogP) is 1.73. The highest BCUT2D eigenvalue weighted by molar-refractivity contribution is 7.89. The molecule has 0 unspecified atom stereocenters. The smallest absolute Gasteiger partial charge is 0.293 e. The van der Waals surface area contributed by atoms with E-state index in [1.54, 1.807) is 0 Å². The summed E-state index contributed by atoms with van der Waals surface area (Å²) in [6, 6.07) is 3.76. The molecular formula is C13H21N3O5S. The molecule has 9 heteroatoms. The number of hydrogen-bond acceptors (Lipinski definition) is 6. The van der Waals surface area contributed by atoms with Gasteiger partial charge in [0, 0.05) is 19.2 Å². The number of hydrogen-bond donors (Lipinski definition) is 2. The molecule has 124 valence electrons. The first kappa shape index (κ1) is 18.3. The van der Waals surface area contributed by atoms with Crippen LogP contribution in [-0.4, -0.2) is 39.6 Å². The van der Waals surface area contributed by atoms with E-state index in [2.05, 4.69) is 10.0 Å². The summed E-state index contributed by atoms with van der Waals surface area (Å²) in [5.74, 6) is 0. The Balaban J connectivity index is 2.81. The van der Waals surface area contributed by atoms with Crippen LogP contribution in [0.15, 0.2) is 23.1 Å². The average Bonchev–Trinajstić information content (AvgIpc) is 2.46. The van der Waals surface area contributed by atoms with E-state index in [9.17, 15) is 18.5 Å². The van der Waals surface area contributed by atoms with Crippen molar-refractivity contribution in [2.75, 3.05) is 25.5 Å². The first-order valence-corrected chi connectivity index (χ1v) is 8.33. The molecule has 0 aromatic heterocycles. The summed E-state index contributed by atoms with van der Waals surface area (Å²) in [5, 5.41) is 14.0. The Hall–Kier alpha value is -1.71. The minimum absolute atomic E-state index is 0.139. The van der Waals surface area contributed by atoms with E-state index in [-0.39, 0.29) is 22.4 Å². The van der Waals surface area contributed by atoms with Crippen molar-refractivity contribution in [3.63, 3.8) is 0 Å². The highest BCUT2D eigenvalue weighted by atomic mass is 32.2. The van der Waals surface area contributed by atoms with Crippen molar-refractivity contribution in [2.24, 2.45) is 0 Å². The fraction of sp³-hybridized carbons (Fsp3) is 0.538. The summed E-state index contributed by atoms with van der Waals surface area (Å²) in [6.07, 6.45) is 0.826. The maximum absolute atomic E-state index is 11.7. The van der Waals surface area contributed by atoms with Crippen molar-refractivity contribution in [1.82, 2.24) is 4.72 Å². The number of nitrogens with one attached hydrogen (secondary N) is 2. The normalized spacial score (nSPS) is 11.6. The molecule has 1 aromatic carbocycles. The molecule has 0 aliphatic rings. The molecular weight excluding hydrogens is 310 g/mol. The molecule has 0 amide bonds. The highest BCUT2D eigenvalue weighted by Gasteiger charge is 2.20. The van der Waals surface area contributed by atoms with Gasteiger partial charge >= 0.3 is 0 Å². The second-order valence-electron chi connectivity index (χ2n) is 4.84. The van der Waals surface area contributed by atoms with Crippen molar-refractivity contribution < 1.29 is 18.1 Å². The zero-order chi connectivity index (χ0) is 16.8. The molecule has 0 aliphatic heterocycles. The van der Waals surface area contributed by atoms with Gasteiger partial charge in [-0.25, -0.2) is 13.1 Å². The zero-order valence-corrected chi connectivity index (χ0v) is 13.6. The summed E-state index contributed by atoms with van der Waals surface area (Å²) in [7, 11) is -2.46. The molecule has 0 saturated heterocycles. The maximum Gasteiger partial charge on any atom is 0.293 e. The fourth-order valence-corrected chi connectivity index (χ4v) is 2.46. The first-order valence-electron chi connectivity index (χ1n) is 6.85. The molecule has 0 aliphatic carbocycles. The Kier molecular flexibility index (Phi) is 6.72. The Bertz CT molecular complexity index is 616. The molecule has 2 N–H and O–H groups in total. The van der Waals surface area contributed by atoms with Crippen LogP contribution in [0.4, 0.5) is 11.4 Å². The Morgan fingerprint density at radius 2 is 2.05 bits per heavy atom. The average molecular weight is 331 g/mol. The van der Waals surface area contributed by atoms with E-state index in [4.69, 9.17) is 4.74 Å². The number of benzene rings is 1. The topological polar surface area (TPSA) is 111 Å². The van der Waals surface area contributed by atoms with E-state index in [0.717, 1.165) is 6.07 Å². The van der Waals surface area contributed by atoms with Crippen molar-refractivity contribution in [1.29, 1.82) is 0 Å². The van der Waals surface area contributed by atoms with Gasteiger partial charge in [-0.3, -0.25) is 10.1 Å². The number of ether oxygens (including phenoxy) is 1. The lowest BCUT2D eigenvalue weighted by Gasteiger charge is -2.10. The van der Waals surface area contributed by atoms with E-state index >= 15 is 0 Å².